The van der Waals surface area contributed by atoms with Crippen molar-refractivity contribution in [2.75, 3.05) is 5.32 Å². The number of aliphatic hydroxyl groups excluding tert-OH is 1. The van der Waals surface area contributed by atoms with Gasteiger partial charge in [-0.3, -0.25) is 0 Å². The van der Waals surface area contributed by atoms with E-state index in [4.69, 9.17) is 11.6 Å². The van der Waals surface area contributed by atoms with Crippen molar-refractivity contribution in [3.63, 3.8) is 0 Å². The van der Waals surface area contributed by atoms with Gasteiger partial charge in [0.25, 0.3) is 0 Å². The van der Waals surface area contributed by atoms with Crippen LogP contribution in [0, 0.1) is 0 Å². The molecule has 0 aromatic heterocycles. The Kier molecular flexibility index (Phi) is 1.74. The van der Waals surface area contributed by atoms with Crippen LogP contribution in [0.1, 0.15) is 18.4 Å². The first kappa shape index (κ1) is 7.90. The fourth-order valence-electron chi connectivity index (χ4n) is 1.52. The molecular formula is C9H10ClNO. The van der Waals surface area contributed by atoms with Crippen LogP contribution in [-0.4, -0.2) is 11.3 Å². The van der Waals surface area contributed by atoms with E-state index in [0.29, 0.717) is 5.02 Å². The Balaban J connectivity index is 2.53. The number of hydrogen-bond acceptors (Lipinski definition) is 2. The number of nitrogens with one attached hydrogen (secondary N) is 1. The minimum Gasteiger partial charge on any atom is -0.373 e. The number of anilines is 1. The minimum absolute atomic E-state index is 0.124. The van der Waals surface area contributed by atoms with E-state index in [1.165, 1.54) is 0 Å². The van der Waals surface area contributed by atoms with Crippen LogP contribution in [0.5, 0.6) is 0 Å². The van der Waals surface area contributed by atoms with Gasteiger partial charge in [0.1, 0.15) is 6.23 Å². The molecule has 0 saturated carbocycles. The van der Waals surface area contributed by atoms with Gasteiger partial charge in [0.15, 0.2) is 0 Å². The number of aliphatic hydroxyl groups is 1. The predicted molar refractivity (Wildman–Crippen MR) is 49.5 cm³/mol. The summed E-state index contributed by atoms with van der Waals surface area (Å²) < 4.78 is 0. The molecule has 2 rings (SSSR count). The Morgan fingerprint density at radius 3 is 2.92 bits per heavy atom. The van der Waals surface area contributed by atoms with E-state index in [0.717, 1.165) is 11.3 Å². The fourth-order valence-corrected chi connectivity index (χ4v) is 1.75. The topological polar surface area (TPSA) is 32.3 Å². The van der Waals surface area contributed by atoms with Crippen molar-refractivity contribution >= 4 is 17.3 Å². The molecule has 0 aliphatic carbocycles. The van der Waals surface area contributed by atoms with Crippen molar-refractivity contribution < 1.29 is 5.11 Å². The summed E-state index contributed by atoms with van der Waals surface area (Å²) in [5.41, 5.74) is 1.97. The zero-order valence-electron chi connectivity index (χ0n) is 6.71. The van der Waals surface area contributed by atoms with E-state index in [9.17, 15) is 5.11 Å². The lowest BCUT2D eigenvalue weighted by molar-refractivity contribution is 0.187. The van der Waals surface area contributed by atoms with Gasteiger partial charge in [0.2, 0.25) is 0 Å². The number of benzene rings is 1. The van der Waals surface area contributed by atoms with E-state index in [2.05, 4.69) is 5.32 Å². The van der Waals surface area contributed by atoms with Gasteiger partial charge in [0.05, 0.1) is 10.7 Å². The molecule has 64 valence electrons. The Hall–Kier alpha value is -0.730. The van der Waals surface area contributed by atoms with Gasteiger partial charge in [-0.05, 0) is 11.6 Å². The highest BCUT2D eigenvalue weighted by Gasteiger charge is 2.27. The average Bonchev–Trinajstić information content (AvgIpc) is 2.32. The third-order valence-corrected chi connectivity index (χ3v) is 2.62. The second-order valence-electron chi connectivity index (χ2n) is 3.08. The molecule has 2 unspecified atom stereocenters. The van der Waals surface area contributed by atoms with Gasteiger partial charge in [-0.15, -0.1) is 0 Å². The highest BCUT2D eigenvalue weighted by molar-refractivity contribution is 6.33. The minimum atomic E-state index is -0.500. The normalized spacial score (nSPS) is 26.6. The monoisotopic (exact) mass is 183 g/mol. The standard InChI is InChI=1S/C9H10ClNO/c1-5-6-3-2-4-7(10)8(6)11-9(5)12/h2-5,9,11-12H,1H3. The molecule has 0 fully saturated rings. The predicted octanol–water partition coefficient (Wildman–Crippen LogP) is 2.19. The Bertz CT molecular complexity index is 313. The van der Waals surface area contributed by atoms with E-state index in [1.54, 1.807) is 0 Å². The van der Waals surface area contributed by atoms with Crippen LogP contribution in [0.2, 0.25) is 5.02 Å². The van der Waals surface area contributed by atoms with Crippen LogP contribution in [-0.2, 0) is 0 Å². The molecule has 1 aliphatic heterocycles. The van der Waals surface area contributed by atoms with Gasteiger partial charge >= 0.3 is 0 Å². The lowest BCUT2D eigenvalue weighted by Crippen LogP contribution is -2.16. The summed E-state index contributed by atoms with van der Waals surface area (Å²) in [7, 11) is 0. The fraction of sp³-hybridized carbons (Fsp3) is 0.333. The SMILES string of the molecule is CC1c2cccc(Cl)c2NC1O. The quantitative estimate of drug-likeness (QED) is 0.646. The molecule has 2 atom stereocenters. The van der Waals surface area contributed by atoms with Crippen LogP contribution in [0.4, 0.5) is 5.69 Å². The largest absolute Gasteiger partial charge is 0.373 e. The van der Waals surface area contributed by atoms with Crippen LogP contribution in [0.15, 0.2) is 18.2 Å². The molecule has 0 bridgehead atoms. The number of fused-ring (bicyclic) bond motifs is 1. The highest BCUT2D eigenvalue weighted by atomic mass is 35.5. The summed E-state index contributed by atoms with van der Waals surface area (Å²) in [4.78, 5) is 0. The Labute approximate surface area is 76.2 Å². The molecule has 12 heavy (non-hydrogen) atoms. The van der Waals surface area contributed by atoms with Gasteiger partial charge in [-0.25, -0.2) is 0 Å². The van der Waals surface area contributed by atoms with Crippen LogP contribution in [0.3, 0.4) is 0 Å². The summed E-state index contributed by atoms with van der Waals surface area (Å²) >= 11 is 5.93. The second-order valence-corrected chi connectivity index (χ2v) is 3.49. The molecule has 1 aromatic rings. The summed E-state index contributed by atoms with van der Waals surface area (Å²) in [5.74, 6) is 0.124. The molecule has 1 aromatic carbocycles. The maximum absolute atomic E-state index is 9.47. The third kappa shape index (κ3) is 0.993. The molecule has 0 radical (unpaired) electrons. The van der Waals surface area contributed by atoms with Gasteiger partial charge in [0, 0.05) is 5.92 Å². The molecule has 0 amide bonds. The number of halogens is 1. The third-order valence-electron chi connectivity index (χ3n) is 2.30. The maximum atomic E-state index is 9.47. The molecule has 0 spiro atoms. The molecule has 1 heterocycles. The smallest absolute Gasteiger partial charge is 0.131 e. The Morgan fingerprint density at radius 2 is 2.25 bits per heavy atom. The molecule has 2 N–H and O–H groups in total. The molecule has 0 saturated heterocycles. The van der Waals surface area contributed by atoms with Gasteiger partial charge in [-0.2, -0.15) is 0 Å². The zero-order valence-corrected chi connectivity index (χ0v) is 7.47. The van der Waals surface area contributed by atoms with E-state index < -0.39 is 6.23 Å². The molecule has 2 nitrogen and oxygen atoms in total. The van der Waals surface area contributed by atoms with Crippen molar-refractivity contribution in [2.45, 2.75) is 19.1 Å². The highest BCUT2D eigenvalue weighted by Crippen LogP contribution is 2.38. The van der Waals surface area contributed by atoms with Crippen LogP contribution >= 0.6 is 11.6 Å². The Morgan fingerprint density at radius 1 is 1.50 bits per heavy atom. The van der Waals surface area contributed by atoms with Crippen molar-refractivity contribution in [1.29, 1.82) is 0 Å². The maximum Gasteiger partial charge on any atom is 0.131 e. The van der Waals surface area contributed by atoms with Crippen LogP contribution < -0.4 is 5.32 Å². The lowest BCUT2D eigenvalue weighted by atomic mass is 10.0. The van der Waals surface area contributed by atoms with Gasteiger partial charge < -0.3 is 10.4 Å². The van der Waals surface area contributed by atoms with Crippen molar-refractivity contribution in [2.24, 2.45) is 0 Å². The van der Waals surface area contributed by atoms with Crippen molar-refractivity contribution in [1.82, 2.24) is 0 Å². The number of hydrogen-bond donors (Lipinski definition) is 2. The van der Waals surface area contributed by atoms with E-state index in [1.807, 2.05) is 25.1 Å². The summed E-state index contributed by atoms with van der Waals surface area (Å²) in [5, 5.41) is 13.1. The molecule has 3 heteroatoms. The summed E-state index contributed by atoms with van der Waals surface area (Å²) in [6.45, 7) is 1.97. The molecular weight excluding hydrogens is 174 g/mol. The number of rotatable bonds is 0. The zero-order chi connectivity index (χ0) is 8.72. The second kappa shape index (κ2) is 2.64. The number of para-hydroxylation sites is 1. The first-order valence-electron chi connectivity index (χ1n) is 3.93. The van der Waals surface area contributed by atoms with Crippen molar-refractivity contribution in [3.05, 3.63) is 28.8 Å². The summed E-state index contributed by atoms with van der Waals surface area (Å²) in [6, 6.07) is 5.70. The first-order valence-corrected chi connectivity index (χ1v) is 4.31. The van der Waals surface area contributed by atoms with E-state index >= 15 is 0 Å². The van der Waals surface area contributed by atoms with Crippen molar-refractivity contribution in [3.8, 4) is 0 Å². The molecule has 1 aliphatic rings. The summed E-state index contributed by atoms with van der Waals surface area (Å²) in [6.07, 6.45) is -0.500. The van der Waals surface area contributed by atoms with E-state index in [-0.39, 0.29) is 5.92 Å². The average molecular weight is 184 g/mol. The van der Waals surface area contributed by atoms with Gasteiger partial charge in [-0.1, -0.05) is 30.7 Å². The van der Waals surface area contributed by atoms with Crippen LogP contribution in [0.25, 0.3) is 0 Å². The first-order chi connectivity index (χ1) is 5.70. The lowest BCUT2D eigenvalue weighted by Gasteiger charge is -2.07.